The summed E-state index contributed by atoms with van der Waals surface area (Å²) in [7, 11) is 1.72. The van der Waals surface area contributed by atoms with Crippen molar-refractivity contribution < 1.29 is 4.74 Å². The SMILES string of the molecule is COCCN1CCCC1N. The van der Waals surface area contributed by atoms with E-state index in [1.54, 1.807) is 7.11 Å². The normalized spacial score (nSPS) is 27.6. The molecule has 1 aliphatic heterocycles. The van der Waals surface area contributed by atoms with Crippen LogP contribution < -0.4 is 5.73 Å². The molecule has 3 heteroatoms. The van der Waals surface area contributed by atoms with Gasteiger partial charge in [-0.2, -0.15) is 0 Å². The highest BCUT2D eigenvalue weighted by Crippen LogP contribution is 2.11. The average Bonchev–Trinajstić information content (AvgIpc) is 2.31. The van der Waals surface area contributed by atoms with Crippen molar-refractivity contribution in [2.24, 2.45) is 5.73 Å². The van der Waals surface area contributed by atoms with Gasteiger partial charge >= 0.3 is 0 Å². The highest BCUT2D eigenvalue weighted by molar-refractivity contribution is 4.73. The Morgan fingerprint density at radius 2 is 2.50 bits per heavy atom. The van der Waals surface area contributed by atoms with Gasteiger partial charge in [0, 0.05) is 13.7 Å². The monoisotopic (exact) mass is 144 g/mol. The van der Waals surface area contributed by atoms with Crippen molar-refractivity contribution >= 4 is 0 Å². The molecule has 10 heavy (non-hydrogen) atoms. The van der Waals surface area contributed by atoms with Gasteiger partial charge in [0.2, 0.25) is 0 Å². The first-order valence-corrected chi connectivity index (χ1v) is 3.83. The molecule has 0 bridgehead atoms. The zero-order chi connectivity index (χ0) is 7.40. The standard InChI is InChI=1S/C7H16N2O/c1-10-6-5-9-4-2-3-7(9)8/h7H,2-6,8H2,1H3. The Morgan fingerprint density at radius 3 is 3.00 bits per heavy atom. The van der Waals surface area contributed by atoms with E-state index in [0.29, 0.717) is 0 Å². The summed E-state index contributed by atoms with van der Waals surface area (Å²) in [5.74, 6) is 0. The maximum absolute atomic E-state index is 5.79. The van der Waals surface area contributed by atoms with Gasteiger partial charge in [0.25, 0.3) is 0 Å². The lowest BCUT2D eigenvalue weighted by atomic mass is 10.3. The summed E-state index contributed by atoms with van der Waals surface area (Å²) in [5, 5.41) is 0. The van der Waals surface area contributed by atoms with Gasteiger partial charge in [-0.15, -0.1) is 0 Å². The molecule has 0 amide bonds. The largest absolute Gasteiger partial charge is 0.383 e. The maximum atomic E-state index is 5.79. The fourth-order valence-corrected chi connectivity index (χ4v) is 1.34. The molecule has 1 aliphatic rings. The Hall–Kier alpha value is -0.120. The van der Waals surface area contributed by atoms with Gasteiger partial charge in [0.1, 0.15) is 0 Å². The summed E-state index contributed by atoms with van der Waals surface area (Å²) < 4.78 is 4.95. The van der Waals surface area contributed by atoms with E-state index in [1.165, 1.54) is 6.42 Å². The summed E-state index contributed by atoms with van der Waals surface area (Å²) >= 11 is 0. The summed E-state index contributed by atoms with van der Waals surface area (Å²) in [4.78, 5) is 2.27. The van der Waals surface area contributed by atoms with E-state index in [9.17, 15) is 0 Å². The van der Waals surface area contributed by atoms with Crippen molar-refractivity contribution in [2.75, 3.05) is 26.8 Å². The minimum absolute atomic E-state index is 0.287. The van der Waals surface area contributed by atoms with E-state index >= 15 is 0 Å². The van der Waals surface area contributed by atoms with Crippen molar-refractivity contribution in [3.05, 3.63) is 0 Å². The summed E-state index contributed by atoms with van der Waals surface area (Å²) in [5.41, 5.74) is 5.79. The van der Waals surface area contributed by atoms with E-state index < -0.39 is 0 Å². The first-order valence-electron chi connectivity index (χ1n) is 3.83. The van der Waals surface area contributed by atoms with Crippen LogP contribution in [-0.4, -0.2) is 37.9 Å². The third-order valence-corrected chi connectivity index (χ3v) is 2.00. The second-order valence-corrected chi connectivity index (χ2v) is 2.74. The molecule has 0 aromatic heterocycles. The third-order valence-electron chi connectivity index (χ3n) is 2.00. The quantitative estimate of drug-likeness (QED) is 0.606. The molecule has 1 atom stereocenters. The second-order valence-electron chi connectivity index (χ2n) is 2.74. The first-order chi connectivity index (χ1) is 4.84. The minimum atomic E-state index is 0.287. The first kappa shape index (κ1) is 7.98. The molecule has 1 unspecified atom stereocenters. The number of nitrogens with two attached hydrogens (primary N) is 1. The number of rotatable bonds is 3. The maximum Gasteiger partial charge on any atom is 0.0590 e. The van der Waals surface area contributed by atoms with E-state index in [2.05, 4.69) is 4.90 Å². The number of methoxy groups -OCH3 is 1. The van der Waals surface area contributed by atoms with E-state index in [-0.39, 0.29) is 6.17 Å². The summed E-state index contributed by atoms with van der Waals surface area (Å²) in [6, 6.07) is 0. The molecule has 3 nitrogen and oxygen atoms in total. The van der Waals surface area contributed by atoms with Gasteiger partial charge < -0.3 is 10.5 Å². The fourth-order valence-electron chi connectivity index (χ4n) is 1.34. The van der Waals surface area contributed by atoms with Crippen molar-refractivity contribution in [2.45, 2.75) is 19.0 Å². The number of hydrogen-bond donors (Lipinski definition) is 1. The van der Waals surface area contributed by atoms with Gasteiger partial charge in [-0.05, 0) is 19.4 Å². The lowest BCUT2D eigenvalue weighted by molar-refractivity contribution is 0.142. The molecule has 60 valence electrons. The molecule has 0 saturated carbocycles. The zero-order valence-electron chi connectivity index (χ0n) is 6.55. The highest BCUT2D eigenvalue weighted by atomic mass is 16.5. The molecule has 1 saturated heterocycles. The topological polar surface area (TPSA) is 38.5 Å². The lowest BCUT2D eigenvalue weighted by Crippen LogP contribution is -2.38. The lowest BCUT2D eigenvalue weighted by Gasteiger charge is -2.19. The Labute approximate surface area is 62.1 Å². The number of nitrogens with zero attached hydrogens (tertiary/aromatic N) is 1. The molecular formula is C7H16N2O. The number of ether oxygens (including phenoxy) is 1. The van der Waals surface area contributed by atoms with Crippen molar-refractivity contribution in [1.82, 2.24) is 4.90 Å². The molecule has 0 spiro atoms. The van der Waals surface area contributed by atoms with Crippen molar-refractivity contribution in [3.63, 3.8) is 0 Å². The van der Waals surface area contributed by atoms with Crippen LogP contribution in [0.25, 0.3) is 0 Å². The molecular weight excluding hydrogens is 128 g/mol. The average molecular weight is 144 g/mol. The van der Waals surface area contributed by atoms with Crippen LogP contribution in [-0.2, 0) is 4.74 Å². The predicted molar refractivity (Wildman–Crippen MR) is 40.7 cm³/mol. The van der Waals surface area contributed by atoms with E-state index in [1.807, 2.05) is 0 Å². The molecule has 0 aromatic rings. The minimum Gasteiger partial charge on any atom is -0.383 e. The Kier molecular flexibility index (Phi) is 3.12. The van der Waals surface area contributed by atoms with Crippen LogP contribution in [0.15, 0.2) is 0 Å². The molecule has 1 fully saturated rings. The van der Waals surface area contributed by atoms with Gasteiger partial charge in [-0.25, -0.2) is 0 Å². The van der Waals surface area contributed by atoms with Crippen LogP contribution in [0.3, 0.4) is 0 Å². The highest BCUT2D eigenvalue weighted by Gasteiger charge is 2.19. The molecule has 1 heterocycles. The van der Waals surface area contributed by atoms with Gasteiger partial charge in [0.15, 0.2) is 0 Å². The number of hydrogen-bond acceptors (Lipinski definition) is 3. The van der Waals surface area contributed by atoms with E-state index in [0.717, 1.165) is 26.1 Å². The Morgan fingerprint density at radius 1 is 1.70 bits per heavy atom. The van der Waals surface area contributed by atoms with Crippen LogP contribution >= 0.6 is 0 Å². The fraction of sp³-hybridized carbons (Fsp3) is 1.00. The van der Waals surface area contributed by atoms with Crippen molar-refractivity contribution in [1.29, 1.82) is 0 Å². The Bertz CT molecular complexity index is 97.6. The van der Waals surface area contributed by atoms with Crippen LogP contribution in [0.4, 0.5) is 0 Å². The van der Waals surface area contributed by atoms with Gasteiger partial charge in [-0.3, -0.25) is 4.90 Å². The Balaban J connectivity index is 2.14. The predicted octanol–water partition coefficient (Wildman–Crippen LogP) is 0.0134. The second kappa shape index (κ2) is 3.91. The van der Waals surface area contributed by atoms with Crippen LogP contribution in [0.5, 0.6) is 0 Å². The van der Waals surface area contributed by atoms with Crippen molar-refractivity contribution in [3.8, 4) is 0 Å². The van der Waals surface area contributed by atoms with Crippen LogP contribution in [0.1, 0.15) is 12.8 Å². The molecule has 2 N–H and O–H groups in total. The molecule has 0 aliphatic carbocycles. The van der Waals surface area contributed by atoms with E-state index in [4.69, 9.17) is 10.5 Å². The zero-order valence-corrected chi connectivity index (χ0v) is 6.55. The van der Waals surface area contributed by atoms with Gasteiger partial charge in [-0.1, -0.05) is 0 Å². The molecule has 0 aromatic carbocycles. The smallest absolute Gasteiger partial charge is 0.0590 e. The van der Waals surface area contributed by atoms with Crippen LogP contribution in [0, 0.1) is 0 Å². The summed E-state index contributed by atoms with van der Waals surface area (Å²) in [6.45, 7) is 2.93. The van der Waals surface area contributed by atoms with Gasteiger partial charge in [0.05, 0.1) is 12.8 Å². The molecule has 0 radical (unpaired) electrons. The van der Waals surface area contributed by atoms with Crippen LogP contribution in [0.2, 0.25) is 0 Å². The summed E-state index contributed by atoms with van der Waals surface area (Å²) in [6.07, 6.45) is 2.67. The number of likely N-dealkylation sites (tertiary alicyclic amines) is 1. The molecule has 1 rings (SSSR count). The third kappa shape index (κ3) is 1.94.